The summed E-state index contributed by atoms with van der Waals surface area (Å²) in [4.78, 5) is 0.155. The van der Waals surface area contributed by atoms with Gasteiger partial charge in [-0.2, -0.15) is 8.42 Å². The number of anilines is 1. The van der Waals surface area contributed by atoms with Crippen molar-refractivity contribution in [3.63, 3.8) is 0 Å². The van der Waals surface area contributed by atoms with E-state index in [1.54, 1.807) is 54.6 Å². The van der Waals surface area contributed by atoms with Crippen molar-refractivity contribution in [3.05, 3.63) is 86.3 Å². The number of nitrogens with zero attached hydrogens (tertiary/aromatic N) is 1. The van der Waals surface area contributed by atoms with E-state index in [0.29, 0.717) is 31.5 Å². The number of halogens is 3. The zero-order chi connectivity index (χ0) is 20.6. The van der Waals surface area contributed by atoms with Crippen LogP contribution in [0.15, 0.2) is 74.4 Å². The van der Waals surface area contributed by atoms with E-state index in [1.165, 1.54) is 6.07 Å². The quantitative estimate of drug-likeness (QED) is 0.473. The lowest BCUT2D eigenvalue weighted by Gasteiger charge is -2.18. The van der Waals surface area contributed by atoms with E-state index in [0.717, 1.165) is 5.56 Å². The van der Waals surface area contributed by atoms with Crippen molar-refractivity contribution in [2.45, 2.75) is 11.5 Å². The molecule has 0 fully saturated rings. The molecule has 148 valence electrons. The van der Waals surface area contributed by atoms with Crippen molar-refractivity contribution >= 4 is 60.7 Å². The second-order valence-corrected chi connectivity index (χ2v) is 9.48. The lowest BCUT2D eigenvalue weighted by atomic mass is 10.2. The van der Waals surface area contributed by atoms with Crippen LogP contribution in [0.25, 0.3) is 0 Å². The SMILES string of the molecule is O=S1(=O)N=C(c2ccc(OCc3ccc(Cl)cc3Cl)c(Br)c2)Nc2ccccc21. The van der Waals surface area contributed by atoms with Crippen molar-refractivity contribution in [2.24, 2.45) is 4.40 Å². The van der Waals surface area contributed by atoms with E-state index in [9.17, 15) is 8.42 Å². The zero-order valence-electron chi connectivity index (χ0n) is 14.7. The first-order chi connectivity index (χ1) is 13.8. The molecule has 1 aliphatic heterocycles. The van der Waals surface area contributed by atoms with E-state index < -0.39 is 10.0 Å². The second-order valence-electron chi connectivity index (χ2n) is 6.21. The molecule has 0 unspecified atom stereocenters. The van der Waals surface area contributed by atoms with Gasteiger partial charge >= 0.3 is 0 Å². The normalized spacial score (nSPS) is 14.5. The molecule has 0 atom stereocenters. The third-order valence-corrected chi connectivity index (χ3v) is 6.77. The van der Waals surface area contributed by atoms with Crippen LogP contribution in [0.1, 0.15) is 11.1 Å². The Kier molecular flexibility index (Phi) is 5.57. The van der Waals surface area contributed by atoms with Crippen molar-refractivity contribution in [2.75, 3.05) is 5.32 Å². The van der Waals surface area contributed by atoms with Gasteiger partial charge in [0.2, 0.25) is 0 Å². The average molecular weight is 512 g/mol. The van der Waals surface area contributed by atoms with Crippen LogP contribution in [0.3, 0.4) is 0 Å². The summed E-state index contributed by atoms with van der Waals surface area (Å²) in [6, 6.07) is 17.1. The van der Waals surface area contributed by atoms with Gasteiger partial charge in [0.15, 0.2) is 5.84 Å². The number of rotatable bonds is 4. The van der Waals surface area contributed by atoms with Gasteiger partial charge < -0.3 is 10.1 Å². The highest BCUT2D eigenvalue weighted by Gasteiger charge is 2.25. The molecule has 3 aromatic rings. The van der Waals surface area contributed by atoms with Crippen LogP contribution in [0.4, 0.5) is 5.69 Å². The first-order valence-electron chi connectivity index (χ1n) is 8.41. The third kappa shape index (κ3) is 4.28. The molecule has 3 aromatic carbocycles. The van der Waals surface area contributed by atoms with Gasteiger partial charge in [-0.05, 0) is 58.4 Å². The highest BCUT2D eigenvalue weighted by Crippen LogP contribution is 2.32. The van der Waals surface area contributed by atoms with Gasteiger partial charge in [0.25, 0.3) is 10.0 Å². The van der Waals surface area contributed by atoms with Crippen molar-refractivity contribution in [1.82, 2.24) is 0 Å². The molecule has 9 heteroatoms. The minimum atomic E-state index is -3.76. The molecular weight excluding hydrogens is 499 g/mol. The lowest BCUT2D eigenvalue weighted by Crippen LogP contribution is -2.22. The number of hydrogen-bond donors (Lipinski definition) is 1. The first kappa shape index (κ1) is 20.2. The maximum Gasteiger partial charge on any atom is 0.286 e. The number of nitrogens with one attached hydrogen (secondary N) is 1. The molecular formula is C20H13BrCl2N2O3S. The summed E-state index contributed by atoms with van der Waals surface area (Å²) < 4.78 is 35.3. The molecule has 1 heterocycles. The van der Waals surface area contributed by atoms with Gasteiger partial charge in [0.05, 0.1) is 10.2 Å². The Hall–Kier alpha value is -2.06. The summed E-state index contributed by atoms with van der Waals surface area (Å²) in [5.74, 6) is 0.830. The Labute approximate surface area is 186 Å². The van der Waals surface area contributed by atoms with Crippen LogP contribution >= 0.6 is 39.1 Å². The molecule has 0 spiro atoms. The van der Waals surface area contributed by atoms with Crippen LogP contribution in [0.5, 0.6) is 5.75 Å². The molecule has 0 bridgehead atoms. The monoisotopic (exact) mass is 510 g/mol. The summed E-state index contributed by atoms with van der Waals surface area (Å²) in [6.07, 6.45) is 0. The number of sulfonamides is 1. The molecule has 0 aromatic heterocycles. The predicted octanol–water partition coefficient (Wildman–Crippen LogP) is 5.90. The summed E-state index contributed by atoms with van der Waals surface area (Å²) in [5.41, 5.74) is 1.89. The lowest BCUT2D eigenvalue weighted by molar-refractivity contribution is 0.304. The highest BCUT2D eigenvalue weighted by molar-refractivity contribution is 9.10. The summed E-state index contributed by atoms with van der Waals surface area (Å²) >= 11 is 15.5. The van der Waals surface area contributed by atoms with Gasteiger partial charge in [0, 0.05) is 21.2 Å². The number of benzene rings is 3. The molecule has 0 aliphatic carbocycles. The standard InChI is InChI=1S/C20H13BrCl2N2O3S/c21-15-9-12(20-24-17-3-1-2-4-19(17)29(26,27)25-20)6-8-18(15)28-11-13-5-7-14(22)10-16(13)23/h1-10H,11H2,(H,24,25). The minimum absolute atomic E-state index is 0.155. The molecule has 1 aliphatic rings. The zero-order valence-corrected chi connectivity index (χ0v) is 18.6. The Morgan fingerprint density at radius 3 is 2.59 bits per heavy atom. The van der Waals surface area contributed by atoms with Crippen molar-refractivity contribution in [3.8, 4) is 5.75 Å². The summed E-state index contributed by atoms with van der Waals surface area (Å²) in [5, 5.41) is 4.15. The Morgan fingerprint density at radius 1 is 1.03 bits per heavy atom. The highest BCUT2D eigenvalue weighted by atomic mass is 79.9. The van der Waals surface area contributed by atoms with Gasteiger partial charge in [0.1, 0.15) is 17.3 Å². The Bertz CT molecular complexity index is 1250. The van der Waals surface area contributed by atoms with E-state index >= 15 is 0 Å². The van der Waals surface area contributed by atoms with Crippen LogP contribution < -0.4 is 10.1 Å². The molecule has 4 rings (SSSR count). The van der Waals surface area contributed by atoms with Crippen LogP contribution in [0.2, 0.25) is 10.0 Å². The number of para-hydroxylation sites is 1. The van der Waals surface area contributed by atoms with Gasteiger partial charge in [-0.25, -0.2) is 0 Å². The number of hydrogen-bond acceptors (Lipinski definition) is 4. The molecule has 0 saturated carbocycles. The average Bonchev–Trinajstić information content (AvgIpc) is 2.67. The van der Waals surface area contributed by atoms with Gasteiger partial charge in [-0.15, -0.1) is 4.40 Å². The predicted molar refractivity (Wildman–Crippen MR) is 119 cm³/mol. The number of ether oxygens (including phenoxy) is 1. The Balaban J connectivity index is 1.57. The van der Waals surface area contributed by atoms with Crippen LogP contribution in [-0.4, -0.2) is 14.3 Å². The van der Waals surface area contributed by atoms with E-state index in [2.05, 4.69) is 25.6 Å². The number of fused-ring (bicyclic) bond motifs is 1. The molecule has 0 radical (unpaired) electrons. The van der Waals surface area contributed by atoms with Crippen LogP contribution in [-0.2, 0) is 16.6 Å². The van der Waals surface area contributed by atoms with E-state index in [4.69, 9.17) is 27.9 Å². The largest absolute Gasteiger partial charge is 0.488 e. The molecule has 1 N–H and O–H groups in total. The van der Waals surface area contributed by atoms with Crippen LogP contribution in [0, 0.1) is 0 Å². The summed E-state index contributed by atoms with van der Waals surface area (Å²) in [7, 11) is -3.76. The molecule has 29 heavy (non-hydrogen) atoms. The van der Waals surface area contributed by atoms with Crippen molar-refractivity contribution in [1.29, 1.82) is 0 Å². The minimum Gasteiger partial charge on any atom is -0.488 e. The maximum atomic E-state index is 12.4. The molecule has 0 saturated heterocycles. The fourth-order valence-corrected chi connectivity index (χ4v) is 4.89. The fraction of sp³-hybridized carbons (Fsp3) is 0.0500. The van der Waals surface area contributed by atoms with Gasteiger partial charge in [-0.3, -0.25) is 0 Å². The fourth-order valence-electron chi connectivity index (χ4n) is 2.80. The first-order valence-corrected chi connectivity index (χ1v) is 11.4. The molecule has 0 amide bonds. The second kappa shape index (κ2) is 7.99. The van der Waals surface area contributed by atoms with Gasteiger partial charge in [-0.1, -0.05) is 41.4 Å². The summed E-state index contributed by atoms with van der Waals surface area (Å²) in [6.45, 7) is 0.259. The smallest absolute Gasteiger partial charge is 0.286 e. The third-order valence-electron chi connectivity index (χ3n) is 4.23. The van der Waals surface area contributed by atoms with Crippen molar-refractivity contribution < 1.29 is 13.2 Å². The maximum absolute atomic E-state index is 12.4. The van der Waals surface area contributed by atoms with E-state index in [-0.39, 0.29) is 17.3 Å². The molecule has 5 nitrogen and oxygen atoms in total. The topological polar surface area (TPSA) is 67.8 Å². The number of amidine groups is 1. The van der Waals surface area contributed by atoms with E-state index in [1.807, 2.05) is 0 Å². The Morgan fingerprint density at radius 2 is 1.83 bits per heavy atom.